The van der Waals surface area contributed by atoms with E-state index >= 15 is 0 Å². The number of alkyl halides is 4. The van der Waals surface area contributed by atoms with E-state index < -0.39 is 28.2 Å². The van der Waals surface area contributed by atoms with E-state index in [0.717, 1.165) is 6.42 Å². The summed E-state index contributed by atoms with van der Waals surface area (Å²) < 4.78 is 78.8. The van der Waals surface area contributed by atoms with Gasteiger partial charge in [-0.1, -0.05) is 32.1 Å². The van der Waals surface area contributed by atoms with Crippen LogP contribution in [0.15, 0.2) is 0 Å². The fraction of sp³-hybridized carbons (Fsp3) is 1.00. The first-order valence-corrected chi connectivity index (χ1v) is 7.75. The van der Waals surface area contributed by atoms with Crippen molar-refractivity contribution >= 4 is 10.1 Å². The molecule has 0 saturated carbocycles. The van der Waals surface area contributed by atoms with E-state index in [2.05, 4.69) is 0 Å². The molecule has 0 aliphatic heterocycles. The van der Waals surface area contributed by atoms with E-state index in [1.807, 2.05) is 0 Å². The molecule has 0 aliphatic carbocycles. The number of hydrogen-bond donors (Lipinski definition) is 0. The van der Waals surface area contributed by atoms with E-state index in [9.17, 15) is 30.5 Å². The van der Waals surface area contributed by atoms with E-state index in [1.54, 1.807) is 0 Å². The molecule has 0 aliphatic rings. The maximum Gasteiger partial charge on any atom is 1.00 e. The molecule has 0 spiro atoms. The van der Waals surface area contributed by atoms with Gasteiger partial charge in [-0.3, -0.25) is 0 Å². The van der Waals surface area contributed by atoms with E-state index in [0.29, 0.717) is 32.1 Å². The van der Waals surface area contributed by atoms with Crippen molar-refractivity contribution in [3.8, 4) is 0 Å². The van der Waals surface area contributed by atoms with Gasteiger partial charge in [-0.05, 0) is 19.3 Å². The van der Waals surface area contributed by atoms with Crippen LogP contribution in [-0.4, -0.2) is 24.7 Å². The zero-order valence-electron chi connectivity index (χ0n) is 11.6. The summed E-state index contributed by atoms with van der Waals surface area (Å²) in [4.78, 5) is 0. The molecule has 0 aromatic rings. The van der Waals surface area contributed by atoms with Gasteiger partial charge in [-0.2, -0.15) is 13.2 Å². The zero-order valence-corrected chi connectivity index (χ0v) is 14.4. The minimum Gasteiger partial charge on any atom is -0.746 e. The summed E-state index contributed by atoms with van der Waals surface area (Å²) in [6.07, 6.45) is -1.56. The van der Waals surface area contributed by atoms with Crippen LogP contribution in [0, 0.1) is 0 Å². The molecule has 0 aromatic heterocycles. The number of halogens is 4. The second kappa shape index (κ2) is 11.2. The third-order valence-electron chi connectivity index (χ3n) is 2.70. The molecule has 1 atom stereocenters. The Morgan fingerprint density at radius 1 is 0.900 bits per heavy atom. The summed E-state index contributed by atoms with van der Waals surface area (Å²) in [5, 5.41) is 0. The van der Waals surface area contributed by atoms with Crippen molar-refractivity contribution in [2.24, 2.45) is 0 Å². The van der Waals surface area contributed by atoms with Gasteiger partial charge < -0.3 is 4.55 Å². The molecule has 1 unspecified atom stereocenters. The van der Waals surface area contributed by atoms with Crippen LogP contribution in [0.2, 0.25) is 0 Å². The van der Waals surface area contributed by atoms with Gasteiger partial charge in [0.2, 0.25) is 0 Å². The van der Waals surface area contributed by atoms with Crippen molar-refractivity contribution in [1.29, 1.82) is 0 Å². The van der Waals surface area contributed by atoms with Gasteiger partial charge in [0.15, 0.2) is 5.50 Å². The molecule has 3 nitrogen and oxygen atoms in total. The Labute approximate surface area is 139 Å². The first kappa shape index (κ1) is 22.9. The van der Waals surface area contributed by atoms with Crippen molar-refractivity contribution in [2.75, 3.05) is 0 Å². The summed E-state index contributed by atoms with van der Waals surface area (Å²) in [7, 11) is -4.84. The molecule has 0 N–H and O–H groups in total. The van der Waals surface area contributed by atoms with Crippen molar-refractivity contribution in [3.05, 3.63) is 0 Å². The predicted molar refractivity (Wildman–Crippen MR) is 62.2 cm³/mol. The zero-order chi connectivity index (χ0) is 14.9. The molecule has 0 fully saturated rings. The van der Waals surface area contributed by atoms with Crippen LogP contribution < -0.4 is 29.6 Å². The second-order valence-electron chi connectivity index (χ2n) is 4.53. The van der Waals surface area contributed by atoms with Crippen LogP contribution in [0.25, 0.3) is 0 Å². The first-order valence-electron chi connectivity index (χ1n) is 6.28. The van der Waals surface area contributed by atoms with Crippen molar-refractivity contribution < 1.29 is 60.1 Å². The van der Waals surface area contributed by atoms with Gasteiger partial charge in [-0.15, -0.1) is 0 Å². The van der Waals surface area contributed by atoms with Gasteiger partial charge in [0.1, 0.15) is 10.1 Å². The number of rotatable bonds is 10. The molecule has 0 radical (unpaired) electrons. The minimum atomic E-state index is -4.84. The standard InChI is InChI=1S/C11H20F4O3S.Na/c12-10(19(16,17)18)8-6-4-2-1-3-5-7-9-11(13,14)15;/h10H,1-9H2,(H,16,17,18);/q;+1/p-1. The summed E-state index contributed by atoms with van der Waals surface area (Å²) in [5.74, 6) is 0. The Hall–Kier alpha value is 0.630. The van der Waals surface area contributed by atoms with Gasteiger partial charge in [0.05, 0.1) is 0 Å². The normalized spacial score (nSPS) is 13.8. The molecule has 0 aromatic carbocycles. The fourth-order valence-corrected chi connectivity index (χ4v) is 2.11. The van der Waals surface area contributed by atoms with E-state index in [-0.39, 0.29) is 42.4 Å². The Morgan fingerprint density at radius 3 is 1.70 bits per heavy atom. The smallest absolute Gasteiger partial charge is 0.746 e. The van der Waals surface area contributed by atoms with Crippen LogP contribution in [0.5, 0.6) is 0 Å². The van der Waals surface area contributed by atoms with Crippen LogP contribution in [-0.2, 0) is 10.1 Å². The third-order valence-corrected chi connectivity index (χ3v) is 3.57. The Balaban J connectivity index is 0. The molecule has 0 heterocycles. The van der Waals surface area contributed by atoms with Crippen LogP contribution in [0.3, 0.4) is 0 Å². The van der Waals surface area contributed by atoms with E-state index in [4.69, 9.17) is 0 Å². The molecule has 0 amide bonds. The summed E-state index contributed by atoms with van der Waals surface area (Å²) in [5.41, 5.74) is -2.35. The van der Waals surface area contributed by atoms with Crippen molar-refractivity contribution in [3.63, 3.8) is 0 Å². The maximum atomic E-state index is 12.7. The second-order valence-corrected chi connectivity index (χ2v) is 6.03. The molecule has 116 valence electrons. The summed E-state index contributed by atoms with van der Waals surface area (Å²) in [6.45, 7) is 0. The van der Waals surface area contributed by atoms with Crippen LogP contribution >= 0.6 is 0 Å². The average Bonchev–Trinajstić information content (AvgIpc) is 2.23. The molecular formula is C11H19F4NaO3S. The SMILES string of the molecule is O=S(=O)([O-])C(F)CCCCCCCCCC(F)(F)F.[Na+]. The van der Waals surface area contributed by atoms with Crippen LogP contribution in [0.1, 0.15) is 57.8 Å². The van der Waals surface area contributed by atoms with E-state index in [1.165, 1.54) is 0 Å². The molecule has 0 saturated heterocycles. The Morgan fingerprint density at radius 2 is 1.30 bits per heavy atom. The predicted octanol–water partition coefficient (Wildman–Crippen LogP) is 0.904. The largest absolute Gasteiger partial charge is 1.00 e. The monoisotopic (exact) mass is 330 g/mol. The topological polar surface area (TPSA) is 57.2 Å². The van der Waals surface area contributed by atoms with Gasteiger partial charge >= 0.3 is 35.7 Å². The third kappa shape index (κ3) is 15.0. The average molecular weight is 330 g/mol. The summed E-state index contributed by atoms with van der Waals surface area (Å²) >= 11 is 0. The van der Waals surface area contributed by atoms with Crippen molar-refractivity contribution in [2.45, 2.75) is 69.5 Å². The fourth-order valence-electron chi connectivity index (χ4n) is 1.66. The quantitative estimate of drug-likeness (QED) is 0.259. The number of hydrogen-bond acceptors (Lipinski definition) is 3. The Bertz CT molecular complexity index is 333. The number of unbranched alkanes of at least 4 members (excludes halogenated alkanes) is 6. The van der Waals surface area contributed by atoms with Crippen molar-refractivity contribution in [1.82, 2.24) is 0 Å². The molecular weight excluding hydrogens is 311 g/mol. The summed E-state index contributed by atoms with van der Waals surface area (Å²) in [6, 6.07) is 0. The Kier molecular flexibility index (Phi) is 12.9. The first-order chi connectivity index (χ1) is 8.63. The molecule has 0 bridgehead atoms. The molecule has 0 rings (SSSR count). The van der Waals surface area contributed by atoms with Gasteiger partial charge in [0, 0.05) is 6.42 Å². The molecule has 20 heavy (non-hydrogen) atoms. The minimum absolute atomic E-state index is 0. The van der Waals surface area contributed by atoms with Crippen LogP contribution in [0.4, 0.5) is 17.6 Å². The van der Waals surface area contributed by atoms with Gasteiger partial charge in [-0.25, -0.2) is 12.8 Å². The van der Waals surface area contributed by atoms with Gasteiger partial charge in [0.25, 0.3) is 0 Å². The maximum absolute atomic E-state index is 12.7. The molecule has 9 heteroatoms.